The van der Waals surface area contributed by atoms with Crippen LogP contribution >= 0.6 is 11.3 Å². The van der Waals surface area contributed by atoms with Crippen molar-refractivity contribution in [2.24, 2.45) is 0 Å². The number of aryl methyl sites for hydroxylation is 4. The van der Waals surface area contributed by atoms with E-state index in [0.29, 0.717) is 6.54 Å². The molecule has 0 aliphatic heterocycles. The van der Waals surface area contributed by atoms with Crippen LogP contribution in [-0.4, -0.2) is 16.2 Å². The largest absolute Gasteiger partial charge is 0.361 e. The van der Waals surface area contributed by atoms with Gasteiger partial charge in [0.15, 0.2) is 0 Å². The molecule has 21 heavy (non-hydrogen) atoms. The maximum atomic E-state index is 12.0. The molecule has 0 aliphatic rings. The lowest BCUT2D eigenvalue weighted by molar-refractivity contribution is 0.237. The van der Waals surface area contributed by atoms with Crippen LogP contribution in [0, 0.1) is 27.7 Å². The van der Waals surface area contributed by atoms with E-state index in [1.165, 1.54) is 0 Å². The predicted octanol–water partition coefficient (Wildman–Crippen LogP) is 2.93. The summed E-state index contributed by atoms with van der Waals surface area (Å²) in [5.41, 5.74) is 2.69. The molecule has 2 heterocycles. The summed E-state index contributed by atoms with van der Waals surface area (Å²) in [5.74, 6) is 0.731. The first-order chi connectivity index (χ1) is 9.88. The van der Waals surface area contributed by atoms with Gasteiger partial charge in [-0.1, -0.05) is 5.16 Å². The molecule has 0 saturated carbocycles. The van der Waals surface area contributed by atoms with E-state index in [2.05, 4.69) is 20.8 Å². The summed E-state index contributed by atoms with van der Waals surface area (Å²) < 4.78 is 5.07. The lowest BCUT2D eigenvalue weighted by atomic mass is 10.2. The zero-order valence-electron chi connectivity index (χ0n) is 12.9. The van der Waals surface area contributed by atoms with Gasteiger partial charge in [-0.2, -0.15) is 0 Å². The molecule has 0 spiro atoms. The highest BCUT2D eigenvalue weighted by molar-refractivity contribution is 7.11. The minimum atomic E-state index is -0.215. The molecule has 2 aromatic rings. The Balaban J connectivity index is 1.91. The molecule has 114 valence electrons. The van der Waals surface area contributed by atoms with Crippen LogP contribution in [-0.2, 0) is 6.54 Å². The van der Waals surface area contributed by atoms with Crippen molar-refractivity contribution in [3.05, 3.63) is 32.6 Å². The standard InChI is InChI=1S/C14H20N4O2S/c1-7-12(10(4)20-18-7)6-15-14(19)17-9(3)13-8(2)16-11(5)21-13/h9H,6H2,1-5H3,(H2,15,17,19). The summed E-state index contributed by atoms with van der Waals surface area (Å²) in [6.07, 6.45) is 0. The number of nitrogens with one attached hydrogen (secondary N) is 2. The van der Waals surface area contributed by atoms with Crippen molar-refractivity contribution in [2.45, 2.75) is 47.2 Å². The van der Waals surface area contributed by atoms with Crippen LogP contribution in [0.4, 0.5) is 4.79 Å². The fourth-order valence-electron chi connectivity index (χ4n) is 2.18. The van der Waals surface area contributed by atoms with Gasteiger partial charge in [0.05, 0.1) is 22.4 Å². The summed E-state index contributed by atoms with van der Waals surface area (Å²) in [6, 6.07) is -0.283. The third-order valence-corrected chi connectivity index (χ3v) is 4.54. The normalized spacial score (nSPS) is 12.2. The molecular weight excluding hydrogens is 288 g/mol. The fourth-order valence-corrected chi connectivity index (χ4v) is 3.11. The zero-order valence-corrected chi connectivity index (χ0v) is 13.7. The van der Waals surface area contributed by atoms with Gasteiger partial charge in [0.1, 0.15) is 5.76 Å². The van der Waals surface area contributed by atoms with Gasteiger partial charge in [-0.25, -0.2) is 9.78 Å². The van der Waals surface area contributed by atoms with E-state index in [4.69, 9.17) is 4.52 Å². The Labute approximate surface area is 127 Å². The molecule has 1 unspecified atom stereocenters. The van der Waals surface area contributed by atoms with Crippen molar-refractivity contribution in [1.29, 1.82) is 0 Å². The van der Waals surface area contributed by atoms with E-state index < -0.39 is 0 Å². The first kappa shape index (κ1) is 15.5. The van der Waals surface area contributed by atoms with Crippen molar-refractivity contribution >= 4 is 17.4 Å². The van der Waals surface area contributed by atoms with Crippen LogP contribution < -0.4 is 10.6 Å². The number of aromatic nitrogens is 2. The molecule has 6 nitrogen and oxygen atoms in total. The summed E-state index contributed by atoms with van der Waals surface area (Å²) in [4.78, 5) is 17.4. The first-order valence-electron chi connectivity index (χ1n) is 6.78. The third-order valence-electron chi connectivity index (χ3n) is 3.29. The van der Waals surface area contributed by atoms with Crippen LogP contribution in [0.25, 0.3) is 0 Å². The van der Waals surface area contributed by atoms with Crippen molar-refractivity contribution in [1.82, 2.24) is 20.8 Å². The Bertz CT molecular complexity index is 628. The third kappa shape index (κ3) is 3.60. The van der Waals surface area contributed by atoms with Crippen molar-refractivity contribution in [3.63, 3.8) is 0 Å². The Morgan fingerprint density at radius 3 is 2.52 bits per heavy atom. The van der Waals surface area contributed by atoms with Crippen molar-refractivity contribution < 1.29 is 9.32 Å². The SMILES string of the molecule is Cc1nc(C)c(C(C)NC(=O)NCc2c(C)noc2C)s1. The van der Waals surface area contributed by atoms with E-state index in [9.17, 15) is 4.79 Å². The summed E-state index contributed by atoms with van der Waals surface area (Å²) in [7, 11) is 0. The quantitative estimate of drug-likeness (QED) is 0.910. The van der Waals surface area contributed by atoms with Gasteiger partial charge in [-0.3, -0.25) is 0 Å². The molecule has 0 radical (unpaired) electrons. The Morgan fingerprint density at radius 2 is 2.00 bits per heavy atom. The first-order valence-corrected chi connectivity index (χ1v) is 7.60. The van der Waals surface area contributed by atoms with Gasteiger partial charge in [0.25, 0.3) is 0 Å². The van der Waals surface area contributed by atoms with Gasteiger partial charge < -0.3 is 15.2 Å². The lowest BCUT2D eigenvalue weighted by Crippen LogP contribution is -2.36. The van der Waals surface area contributed by atoms with E-state index in [0.717, 1.165) is 32.6 Å². The highest BCUT2D eigenvalue weighted by Crippen LogP contribution is 2.24. The Morgan fingerprint density at radius 1 is 1.29 bits per heavy atom. The summed E-state index contributed by atoms with van der Waals surface area (Å²) >= 11 is 1.61. The molecule has 2 amide bonds. The van der Waals surface area contributed by atoms with Gasteiger partial charge in [-0.15, -0.1) is 11.3 Å². The van der Waals surface area contributed by atoms with Gasteiger partial charge >= 0.3 is 6.03 Å². The second kappa shape index (κ2) is 6.26. The molecule has 7 heteroatoms. The minimum Gasteiger partial charge on any atom is -0.361 e. The van der Waals surface area contributed by atoms with E-state index in [1.54, 1.807) is 11.3 Å². The number of thiazole rings is 1. The molecular formula is C14H20N4O2S. The van der Waals surface area contributed by atoms with E-state index in [-0.39, 0.29) is 12.1 Å². The summed E-state index contributed by atoms with van der Waals surface area (Å²) in [6.45, 7) is 9.97. The number of rotatable bonds is 4. The molecule has 1 atom stereocenters. The molecule has 0 fully saturated rings. The maximum absolute atomic E-state index is 12.0. The number of carbonyl (C=O) groups is 1. The number of urea groups is 1. The van der Waals surface area contributed by atoms with Gasteiger partial charge in [0.2, 0.25) is 0 Å². The molecule has 2 rings (SSSR count). The zero-order chi connectivity index (χ0) is 15.6. The highest BCUT2D eigenvalue weighted by Gasteiger charge is 2.16. The Hall–Kier alpha value is -1.89. The summed E-state index contributed by atoms with van der Waals surface area (Å²) in [5, 5.41) is 10.6. The second-order valence-electron chi connectivity index (χ2n) is 5.03. The lowest BCUT2D eigenvalue weighted by Gasteiger charge is -2.13. The molecule has 0 aromatic carbocycles. The molecule has 0 bridgehead atoms. The molecule has 0 aliphatic carbocycles. The number of carbonyl (C=O) groups excluding carboxylic acids is 1. The highest BCUT2D eigenvalue weighted by atomic mass is 32.1. The smallest absolute Gasteiger partial charge is 0.315 e. The van der Waals surface area contributed by atoms with Crippen LogP contribution in [0.15, 0.2) is 4.52 Å². The van der Waals surface area contributed by atoms with Crippen molar-refractivity contribution in [2.75, 3.05) is 0 Å². The fraction of sp³-hybridized carbons (Fsp3) is 0.500. The molecule has 2 aromatic heterocycles. The minimum absolute atomic E-state index is 0.0686. The van der Waals surface area contributed by atoms with Gasteiger partial charge in [-0.05, 0) is 34.6 Å². The topological polar surface area (TPSA) is 80.0 Å². The van der Waals surface area contributed by atoms with Crippen LogP contribution in [0.2, 0.25) is 0 Å². The average molecular weight is 308 g/mol. The monoisotopic (exact) mass is 308 g/mol. The van der Waals surface area contributed by atoms with Crippen molar-refractivity contribution in [3.8, 4) is 0 Å². The molecule has 2 N–H and O–H groups in total. The number of hydrogen-bond donors (Lipinski definition) is 2. The number of hydrogen-bond acceptors (Lipinski definition) is 5. The van der Waals surface area contributed by atoms with Crippen LogP contribution in [0.5, 0.6) is 0 Å². The maximum Gasteiger partial charge on any atom is 0.315 e. The van der Waals surface area contributed by atoms with Crippen LogP contribution in [0.1, 0.15) is 45.6 Å². The average Bonchev–Trinajstić information content (AvgIpc) is 2.90. The second-order valence-corrected chi connectivity index (χ2v) is 6.27. The predicted molar refractivity (Wildman–Crippen MR) is 81.4 cm³/mol. The number of nitrogens with zero attached hydrogens (tertiary/aromatic N) is 2. The van der Waals surface area contributed by atoms with Crippen LogP contribution in [0.3, 0.4) is 0 Å². The van der Waals surface area contributed by atoms with E-state index >= 15 is 0 Å². The molecule has 0 saturated heterocycles. The van der Waals surface area contributed by atoms with E-state index in [1.807, 2.05) is 34.6 Å². The number of amides is 2. The Kier molecular flexibility index (Phi) is 4.62. The van der Waals surface area contributed by atoms with Gasteiger partial charge in [0, 0.05) is 17.0 Å².